The molecule has 7 nitrogen and oxygen atoms in total. The smallest absolute Gasteiger partial charge is 0.230 e. The molecule has 0 bridgehead atoms. The molecule has 0 aliphatic rings. The van der Waals surface area contributed by atoms with Crippen molar-refractivity contribution in [3.8, 4) is 11.6 Å². The molecular weight excluding hydrogens is 364 g/mol. The summed E-state index contributed by atoms with van der Waals surface area (Å²) in [5.74, 6) is 1.49. The molecule has 3 aromatic rings. The predicted molar refractivity (Wildman–Crippen MR) is 106 cm³/mol. The fourth-order valence-corrected chi connectivity index (χ4v) is 4.35. The van der Waals surface area contributed by atoms with Gasteiger partial charge in [0.25, 0.3) is 0 Å². The maximum absolute atomic E-state index is 10.8. The van der Waals surface area contributed by atoms with Gasteiger partial charge in [0.05, 0.1) is 23.6 Å². The molecule has 146 valence electrons. The lowest BCUT2D eigenvalue weighted by Crippen LogP contribution is -2.31. The summed E-state index contributed by atoms with van der Waals surface area (Å²) in [6.07, 6.45) is 0.0732. The van der Waals surface area contributed by atoms with Crippen LogP contribution in [0.15, 0.2) is 24.3 Å². The number of hydrogen-bond donors (Lipinski definition) is 2. The van der Waals surface area contributed by atoms with Crippen molar-refractivity contribution in [2.75, 3.05) is 19.7 Å². The van der Waals surface area contributed by atoms with Crippen molar-refractivity contribution in [2.45, 2.75) is 39.8 Å². The molecule has 0 radical (unpaired) electrons. The minimum atomic E-state index is -0.230. The number of benzene rings is 1. The number of nitrogens with zero attached hydrogens (tertiary/aromatic N) is 4. The van der Waals surface area contributed by atoms with Crippen molar-refractivity contribution in [3.63, 3.8) is 0 Å². The first kappa shape index (κ1) is 19.6. The summed E-state index contributed by atoms with van der Waals surface area (Å²) in [6, 6.07) is 7.65. The van der Waals surface area contributed by atoms with Crippen LogP contribution in [0.1, 0.15) is 43.1 Å². The average Bonchev–Trinajstić information content (AvgIpc) is 3.12. The molecule has 0 saturated heterocycles. The Morgan fingerprint density at radius 3 is 2.74 bits per heavy atom. The molecule has 8 heteroatoms. The molecule has 0 fully saturated rings. The van der Waals surface area contributed by atoms with Crippen LogP contribution < -0.4 is 4.74 Å². The zero-order valence-corrected chi connectivity index (χ0v) is 16.9. The van der Waals surface area contributed by atoms with Crippen LogP contribution in [-0.4, -0.2) is 55.5 Å². The van der Waals surface area contributed by atoms with Gasteiger partial charge in [-0.05, 0) is 45.0 Å². The zero-order chi connectivity index (χ0) is 19.6. The average molecular weight is 391 g/mol. The van der Waals surface area contributed by atoms with E-state index in [9.17, 15) is 10.2 Å². The lowest BCUT2D eigenvalue weighted by Gasteiger charge is -2.30. The van der Waals surface area contributed by atoms with Gasteiger partial charge in [0.15, 0.2) is 0 Å². The van der Waals surface area contributed by atoms with Gasteiger partial charge in [-0.1, -0.05) is 30.4 Å². The van der Waals surface area contributed by atoms with Gasteiger partial charge in [-0.2, -0.15) is 4.52 Å². The van der Waals surface area contributed by atoms with Crippen molar-refractivity contribution in [3.05, 3.63) is 40.5 Å². The van der Waals surface area contributed by atoms with E-state index < -0.39 is 0 Å². The monoisotopic (exact) mass is 390 g/mol. The molecule has 2 aromatic heterocycles. The molecule has 0 aliphatic heterocycles. The van der Waals surface area contributed by atoms with Gasteiger partial charge in [0, 0.05) is 6.54 Å². The molecule has 2 heterocycles. The minimum absolute atomic E-state index is 0.0349. The summed E-state index contributed by atoms with van der Waals surface area (Å²) in [4.78, 5) is 7.90. The van der Waals surface area contributed by atoms with E-state index in [0.29, 0.717) is 23.9 Å². The highest BCUT2D eigenvalue weighted by Crippen LogP contribution is 2.40. The maximum atomic E-state index is 10.8. The number of rotatable bonds is 8. The van der Waals surface area contributed by atoms with Crippen LogP contribution in [0, 0.1) is 6.92 Å². The first-order chi connectivity index (χ1) is 12.9. The highest BCUT2D eigenvalue weighted by atomic mass is 32.1. The quantitative estimate of drug-likeness (QED) is 0.615. The van der Waals surface area contributed by atoms with Crippen molar-refractivity contribution >= 4 is 16.3 Å². The molecule has 2 N–H and O–H groups in total. The van der Waals surface area contributed by atoms with Gasteiger partial charge in [0.1, 0.15) is 11.6 Å². The molecule has 0 saturated carbocycles. The minimum Gasteiger partial charge on any atom is -0.492 e. The van der Waals surface area contributed by atoms with E-state index in [-0.39, 0.29) is 24.6 Å². The molecule has 0 spiro atoms. The number of aromatic hydroxyl groups is 1. The Kier molecular flexibility index (Phi) is 5.98. The number of aliphatic hydroxyl groups excluding tert-OH is 1. The van der Waals surface area contributed by atoms with E-state index in [0.717, 1.165) is 16.2 Å². The summed E-state index contributed by atoms with van der Waals surface area (Å²) in [5, 5.41) is 24.6. The summed E-state index contributed by atoms with van der Waals surface area (Å²) < 4.78 is 7.32. The Morgan fingerprint density at radius 1 is 1.33 bits per heavy atom. The molecule has 27 heavy (non-hydrogen) atoms. The number of aromatic nitrogens is 3. The summed E-state index contributed by atoms with van der Waals surface area (Å²) >= 11 is 1.41. The summed E-state index contributed by atoms with van der Waals surface area (Å²) in [6.45, 7) is 9.05. The molecular formula is C19H26N4O3S. The predicted octanol–water partition coefficient (Wildman–Crippen LogP) is 3.00. The van der Waals surface area contributed by atoms with E-state index in [1.807, 2.05) is 45.0 Å². The topological polar surface area (TPSA) is 83.1 Å². The van der Waals surface area contributed by atoms with Crippen LogP contribution in [0.4, 0.5) is 0 Å². The van der Waals surface area contributed by atoms with Crippen LogP contribution in [0.25, 0.3) is 4.96 Å². The highest BCUT2D eigenvalue weighted by Gasteiger charge is 2.29. The van der Waals surface area contributed by atoms with Gasteiger partial charge in [-0.15, -0.1) is 5.10 Å². The second-order valence-electron chi connectivity index (χ2n) is 6.64. The molecule has 1 unspecified atom stereocenters. The second kappa shape index (κ2) is 8.24. The number of likely N-dealkylation sites (N-methyl/N-ethyl adjacent to an activating group) is 1. The summed E-state index contributed by atoms with van der Waals surface area (Å²) in [7, 11) is 0. The van der Waals surface area contributed by atoms with Crippen molar-refractivity contribution in [1.82, 2.24) is 19.5 Å². The van der Waals surface area contributed by atoms with Crippen LogP contribution >= 0.6 is 11.3 Å². The Hall–Kier alpha value is -2.16. The van der Waals surface area contributed by atoms with Crippen LogP contribution in [0.3, 0.4) is 0 Å². The fraction of sp³-hybridized carbons (Fsp3) is 0.474. The van der Waals surface area contributed by atoms with Crippen LogP contribution in [0.2, 0.25) is 0 Å². The molecule has 0 amide bonds. The van der Waals surface area contributed by atoms with Crippen molar-refractivity contribution < 1.29 is 14.9 Å². The second-order valence-corrected chi connectivity index (χ2v) is 7.65. The normalized spacial score (nSPS) is 13.0. The number of aryl methyl sites for hydroxylation is 1. The molecule has 3 rings (SSSR count). The Labute approximate surface area is 162 Å². The number of hydrogen-bond acceptors (Lipinski definition) is 7. The first-order valence-electron chi connectivity index (χ1n) is 9.11. The lowest BCUT2D eigenvalue weighted by molar-refractivity contribution is 0.173. The first-order valence-corrected chi connectivity index (χ1v) is 9.92. The fourth-order valence-electron chi connectivity index (χ4n) is 3.18. The Bertz CT molecular complexity index is 906. The lowest BCUT2D eigenvalue weighted by atomic mass is 10.0. The van der Waals surface area contributed by atoms with E-state index in [2.05, 4.69) is 15.0 Å². The third kappa shape index (κ3) is 4.07. The largest absolute Gasteiger partial charge is 0.492 e. The molecule has 0 aliphatic carbocycles. The van der Waals surface area contributed by atoms with E-state index >= 15 is 0 Å². The number of fused-ring (bicyclic) bond motifs is 1. The Morgan fingerprint density at radius 2 is 2.11 bits per heavy atom. The van der Waals surface area contributed by atoms with E-state index in [1.54, 1.807) is 6.92 Å². The number of ether oxygens (including phenoxy) is 1. The molecule has 1 atom stereocenters. The van der Waals surface area contributed by atoms with Crippen molar-refractivity contribution in [1.29, 1.82) is 0 Å². The van der Waals surface area contributed by atoms with Gasteiger partial charge < -0.3 is 14.9 Å². The van der Waals surface area contributed by atoms with Crippen molar-refractivity contribution in [2.24, 2.45) is 0 Å². The van der Waals surface area contributed by atoms with Crippen LogP contribution in [0.5, 0.6) is 11.6 Å². The maximum Gasteiger partial charge on any atom is 0.230 e. The van der Waals surface area contributed by atoms with E-state index in [4.69, 9.17) is 4.74 Å². The number of aliphatic hydroxyl groups is 1. The SMILES string of the molecule is CCN(CCO)C(c1cccc(OC(C)C)c1)c1sc2nc(C)nn2c1O. The zero-order valence-electron chi connectivity index (χ0n) is 16.1. The highest BCUT2D eigenvalue weighted by molar-refractivity contribution is 7.17. The third-order valence-corrected chi connectivity index (χ3v) is 5.33. The third-order valence-electron chi connectivity index (χ3n) is 4.26. The van der Waals surface area contributed by atoms with Crippen LogP contribution in [-0.2, 0) is 0 Å². The Balaban J connectivity index is 2.10. The summed E-state index contributed by atoms with van der Waals surface area (Å²) in [5.41, 5.74) is 0.986. The van der Waals surface area contributed by atoms with Gasteiger partial charge in [-0.3, -0.25) is 4.90 Å². The van der Waals surface area contributed by atoms with Gasteiger partial charge in [0.2, 0.25) is 10.8 Å². The standard InChI is InChI=1S/C19H26N4O3S/c1-5-22(9-10-24)16(14-7-6-8-15(11-14)26-12(2)3)17-18(25)23-19(27-17)20-13(4)21-23/h6-8,11-12,16,24-25H,5,9-10H2,1-4H3. The number of thiazole rings is 1. The molecule has 1 aromatic carbocycles. The van der Waals surface area contributed by atoms with E-state index in [1.165, 1.54) is 15.9 Å². The van der Waals surface area contributed by atoms with Gasteiger partial charge in [-0.25, -0.2) is 4.98 Å². The van der Waals surface area contributed by atoms with Gasteiger partial charge >= 0.3 is 0 Å².